The van der Waals surface area contributed by atoms with Gasteiger partial charge in [0.25, 0.3) is 0 Å². The Hall–Kier alpha value is -1.07. The summed E-state index contributed by atoms with van der Waals surface area (Å²) in [5.41, 5.74) is 6.61. The number of nitrogens with two attached hydrogens (primary N) is 1. The van der Waals surface area contributed by atoms with Gasteiger partial charge in [0.15, 0.2) is 0 Å². The average molecular weight is 358 g/mol. The number of ether oxygens (including phenoxy) is 1. The number of hydrogen-bond donors (Lipinski definition) is 1. The van der Waals surface area contributed by atoms with Crippen LogP contribution in [-0.4, -0.2) is 4.98 Å². The minimum absolute atomic E-state index is 0.403. The first-order chi connectivity index (χ1) is 8.16. The molecule has 0 bridgehead atoms. The second kappa shape index (κ2) is 5.51. The highest BCUT2D eigenvalue weighted by Gasteiger charge is 2.04. The molecule has 0 amide bonds. The molecule has 0 saturated heterocycles. The van der Waals surface area contributed by atoms with Crippen LogP contribution in [0.1, 0.15) is 5.56 Å². The van der Waals surface area contributed by atoms with Crippen LogP contribution >= 0.6 is 31.9 Å². The van der Waals surface area contributed by atoms with Crippen molar-refractivity contribution in [3.8, 4) is 5.75 Å². The first kappa shape index (κ1) is 12.4. The molecule has 0 unspecified atom stereocenters. The first-order valence-corrected chi connectivity index (χ1v) is 6.52. The highest BCUT2D eigenvalue weighted by atomic mass is 79.9. The van der Waals surface area contributed by atoms with Crippen molar-refractivity contribution < 1.29 is 4.74 Å². The number of aromatic nitrogens is 1. The zero-order chi connectivity index (χ0) is 12.3. The quantitative estimate of drug-likeness (QED) is 0.909. The van der Waals surface area contributed by atoms with E-state index in [1.807, 2.05) is 30.3 Å². The monoisotopic (exact) mass is 356 g/mol. The van der Waals surface area contributed by atoms with Crippen molar-refractivity contribution in [2.45, 2.75) is 6.61 Å². The van der Waals surface area contributed by atoms with Gasteiger partial charge in [-0.05, 0) is 40.2 Å². The Bertz CT molecular complexity index is 532. The van der Waals surface area contributed by atoms with Gasteiger partial charge < -0.3 is 10.5 Å². The Morgan fingerprint density at radius 2 is 2.06 bits per heavy atom. The Morgan fingerprint density at radius 1 is 1.24 bits per heavy atom. The summed E-state index contributed by atoms with van der Waals surface area (Å²) >= 11 is 6.83. The van der Waals surface area contributed by atoms with Gasteiger partial charge in [-0.15, -0.1) is 0 Å². The van der Waals surface area contributed by atoms with Crippen molar-refractivity contribution in [2.24, 2.45) is 0 Å². The number of anilines is 1. The van der Waals surface area contributed by atoms with E-state index in [9.17, 15) is 0 Å². The van der Waals surface area contributed by atoms with Crippen LogP contribution in [0.15, 0.2) is 45.5 Å². The predicted molar refractivity (Wildman–Crippen MR) is 74.8 cm³/mol. The van der Waals surface area contributed by atoms with E-state index in [0.717, 1.165) is 20.3 Å². The lowest BCUT2D eigenvalue weighted by Gasteiger charge is -2.09. The zero-order valence-corrected chi connectivity index (χ0v) is 12.0. The van der Waals surface area contributed by atoms with E-state index in [4.69, 9.17) is 10.5 Å². The first-order valence-electron chi connectivity index (χ1n) is 4.94. The van der Waals surface area contributed by atoms with Crippen molar-refractivity contribution >= 4 is 37.7 Å². The number of nitrogen functional groups attached to an aromatic ring is 1. The average Bonchev–Trinajstić information content (AvgIpc) is 2.30. The van der Waals surface area contributed by atoms with Crippen molar-refractivity contribution in [2.75, 3.05) is 5.73 Å². The van der Waals surface area contributed by atoms with Crippen LogP contribution in [0.4, 0.5) is 5.82 Å². The molecule has 88 valence electrons. The third kappa shape index (κ3) is 3.20. The predicted octanol–water partition coefficient (Wildman–Crippen LogP) is 3.77. The smallest absolute Gasteiger partial charge is 0.134 e. The van der Waals surface area contributed by atoms with Crippen molar-refractivity contribution in [1.82, 2.24) is 4.98 Å². The number of halogens is 2. The van der Waals surface area contributed by atoms with Gasteiger partial charge in [-0.2, -0.15) is 0 Å². The SMILES string of the molecule is Nc1ncccc1COc1ccc(Br)cc1Br. The molecule has 0 aliphatic rings. The molecule has 1 aromatic heterocycles. The van der Waals surface area contributed by atoms with Gasteiger partial charge in [-0.25, -0.2) is 4.98 Å². The summed E-state index contributed by atoms with van der Waals surface area (Å²) in [6, 6.07) is 9.48. The highest BCUT2D eigenvalue weighted by Crippen LogP contribution is 2.29. The molecular formula is C12H10Br2N2O. The molecule has 1 aromatic carbocycles. The lowest BCUT2D eigenvalue weighted by Crippen LogP contribution is -2.02. The molecule has 5 heteroatoms. The van der Waals surface area contributed by atoms with Crippen molar-refractivity contribution in [3.63, 3.8) is 0 Å². The fourth-order valence-corrected chi connectivity index (χ4v) is 2.48. The summed E-state index contributed by atoms with van der Waals surface area (Å²) in [6.07, 6.45) is 1.66. The van der Waals surface area contributed by atoms with E-state index in [2.05, 4.69) is 36.8 Å². The maximum absolute atomic E-state index is 5.74. The molecule has 0 spiro atoms. The number of nitrogens with zero attached hydrogens (tertiary/aromatic N) is 1. The zero-order valence-electron chi connectivity index (χ0n) is 8.86. The summed E-state index contributed by atoms with van der Waals surface area (Å²) in [5.74, 6) is 1.28. The largest absolute Gasteiger partial charge is 0.488 e. The number of rotatable bonds is 3. The Kier molecular flexibility index (Phi) is 4.02. The Labute approximate surface area is 116 Å². The second-order valence-electron chi connectivity index (χ2n) is 3.41. The van der Waals surface area contributed by atoms with E-state index < -0.39 is 0 Å². The molecule has 3 nitrogen and oxygen atoms in total. The summed E-state index contributed by atoms with van der Waals surface area (Å²) in [5, 5.41) is 0. The molecule has 17 heavy (non-hydrogen) atoms. The van der Waals surface area contributed by atoms with E-state index in [1.165, 1.54) is 0 Å². The topological polar surface area (TPSA) is 48.1 Å². The van der Waals surface area contributed by atoms with Gasteiger partial charge in [0.1, 0.15) is 18.2 Å². The molecule has 0 aliphatic heterocycles. The van der Waals surface area contributed by atoms with Crippen LogP contribution in [0.2, 0.25) is 0 Å². The van der Waals surface area contributed by atoms with Crippen LogP contribution in [0.3, 0.4) is 0 Å². The molecular weight excluding hydrogens is 348 g/mol. The van der Waals surface area contributed by atoms with Gasteiger partial charge in [0.2, 0.25) is 0 Å². The number of pyridine rings is 1. The van der Waals surface area contributed by atoms with E-state index in [0.29, 0.717) is 12.4 Å². The third-order valence-electron chi connectivity index (χ3n) is 2.20. The van der Waals surface area contributed by atoms with Gasteiger partial charge in [-0.1, -0.05) is 22.0 Å². The van der Waals surface area contributed by atoms with Gasteiger partial charge in [0, 0.05) is 16.2 Å². The van der Waals surface area contributed by atoms with Crippen LogP contribution < -0.4 is 10.5 Å². The summed E-state index contributed by atoms with van der Waals surface area (Å²) in [7, 11) is 0. The minimum Gasteiger partial charge on any atom is -0.488 e. The molecule has 0 saturated carbocycles. The molecule has 2 N–H and O–H groups in total. The number of hydrogen-bond acceptors (Lipinski definition) is 3. The molecule has 0 fully saturated rings. The van der Waals surface area contributed by atoms with Crippen LogP contribution in [0.25, 0.3) is 0 Å². The third-order valence-corrected chi connectivity index (χ3v) is 3.32. The van der Waals surface area contributed by atoms with E-state index in [-0.39, 0.29) is 0 Å². The summed E-state index contributed by atoms with van der Waals surface area (Å²) in [4.78, 5) is 4.01. The molecule has 2 rings (SSSR count). The summed E-state index contributed by atoms with van der Waals surface area (Å²) in [6.45, 7) is 0.403. The summed E-state index contributed by atoms with van der Waals surface area (Å²) < 4.78 is 7.57. The second-order valence-corrected chi connectivity index (χ2v) is 5.18. The van der Waals surface area contributed by atoms with E-state index >= 15 is 0 Å². The molecule has 2 aromatic rings. The lowest BCUT2D eigenvalue weighted by molar-refractivity contribution is 0.304. The fourth-order valence-electron chi connectivity index (χ4n) is 1.32. The lowest BCUT2D eigenvalue weighted by atomic mass is 10.3. The number of benzene rings is 1. The maximum atomic E-state index is 5.74. The van der Waals surface area contributed by atoms with Gasteiger partial charge in [0.05, 0.1) is 4.47 Å². The van der Waals surface area contributed by atoms with Gasteiger partial charge in [-0.3, -0.25) is 0 Å². The van der Waals surface area contributed by atoms with Gasteiger partial charge >= 0.3 is 0 Å². The standard InChI is InChI=1S/C12H10Br2N2O/c13-9-3-4-11(10(14)6-9)17-7-8-2-1-5-16-12(8)15/h1-6H,7H2,(H2,15,16). The van der Waals surface area contributed by atoms with Crippen LogP contribution in [-0.2, 0) is 6.61 Å². The van der Waals surface area contributed by atoms with Crippen molar-refractivity contribution in [1.29, 1.82) is 0 Å². The van der Waals surface area contributed by atoms with Crippen molar-refractivity contribution in [3.05, 3.63) is 51.0 Å². The fraction of sp³-hybridized carbons (Fsp3) is 0.0833. The molecule has 0 atom stereocenters. The maximum Gasteiger partial charge on any atom is 0.134 e. The van der Waals surface area contributed by atoms with Crippen LogP contribution in [0, 0.1) is 0 Å². The molecule has 0 radical (unpaired) electrons. The molecule has 0 aliphatic carbocycles. The Balaban J connectivity index is 2.10. The van der Waals surface area contributed by atoms with Crippen LogP contribution in [0.5, 0.6) is 5.75 Å². The minimum atomic E-state index is 0.403. The highest BCUT2D eigenvalue weighted by molar-refractivity contribution is 9.11. The normalized spacial score (nSPS) is 10.2. The Morgan fingerprint density at radius 3 is 2.76 bits per heavy atom. The molecule has 1 heterocycles. The van der Waals surface area contributed by atoms with E-state index in [1.54, 1.807) is 6.20 Å².